The van der Waals surface area contributed by atoms with Crippen molar-refractivity contribution in [3.05, 3.63) is 66.7 Å². The van der Waals surface area contributed by atoms with Crippen molar-refractivity contribution in [2.24, 2.45) is 35.0 Å². The molecule has 59 heavy (non-hydrogen) atoms. The van der Waals surface area contributed by atoms with Gasteiger partial charge in [0, 0.05) is 62.8 Å². The maximum absolute atomic E-state index is 14.5. The number of carbonyl (C=O) groups is 7. The Balaban J connectivity index is 1.22. The molecule has 1 saturated heterocycles. The molecule has 1 aliphatic heterocycles. The van der Waals surface area contributed by atoms with E-state index < -0.39 is 64.7 Å². The molecular formula is C46H58N6O7. The fourth-order valence-electron chi connectivity index (χ4n) is 8.97. The number of carbonyl (C=O) groups excluding carboxylic acids is 7. The van der Waals surface area contributed by atoms with Crippen molar-refractivity contribution in [2.75, 3.05) is 18.4 Å². The summed E-state index contributed by atoms with van der Waals surface area (Å²) in [7, 11) is 0. The van der Waals surface area contributed by atoms with Crippen molar-refractivity contribution < 1.29 is 33.6 Å². The Morgan fingerprint density at radius 3 is 2.22 bits per heavy atom. The molecule has 3 aromatic rings. The van der Waals surface area contributed by atoms with Crippen molar-refractivity contribution in [1.29, 1.82) is 0 Å². The molecule has 0 unspecified atom stereocenters. The van der Waals surface area contributed by atoms with E-state index >= 15 is 0 Å². The van der Waals surface area contributed by atoms with Crippen LogP contribution >= 0.6 is 0 Å². The van der Waals surface area contributed by atoms with Gasteiger partial charge in [-0.25, -0.2) is 9.78 Å². The number of Topliss-reactive ketones (excluding diaryl/α,β-unsaturated/α-hetero) is 4. The quantitative estimate of drug-likeness (QED) is 0.136. The minimum atomic E-state index is -0.859. The van der Waals surface area contributed by atoms with Gasteiger partial charge in [-0.05, 0) is 59.4 Å². The highest BCUT2D eigenvalue weighted by atomic mass is 16.2. The van der Waals surface area contributed by atoms with E-state index in [1.807, 2.05) is 57.2 Å². The minimum absolute atomic E-state index is 0.00904. The van der Waals surface area contributed by atoms with Crippen molar-refractivity contribution in [1.82, 2.24) is 25.5 Å². The third-order valence-corrected chi connectivity index (χ3v) is 12.7. The van der Waals surface area contributed by atoms with Gasteiger partial charge >= 0.3 is 6.03 Å². The fraction of sp³-hybridized carbons (Fsp3) is 0.543. The Bertz CT molecular complexity index is 2040. The molecule has 314 valence electrons. The van der Waals surface area contributed by atoms with Crippen LogP contribution in [0.15, 0.2) is 61.1 Å². The van der Waals surface area contributed by atoms with Crippen LogP contribution in [0.25, 0.3) is 10.8 Å². The summed E-state index contributed by atoms with van der Waals surface area (Å²) in [5, 5.41) is 10.9. The van der Waals surface area contributed by atoms with Crippen LogP contribution in [-0.2, 0) is 24.0 Å². The number of likely N-dealkylation sites (tertiary alicyclic amines) is 1. The molecule has 2 saturated carbocycles. The molecule has 13 heteroatoms. The van der Waals surface area contributed by atoms with Crippen LogP contribution in [0.1, 0.15) is 109 Å². The molecule has 0 radical (unpaired) electrons. The molecule has 3 fully saturated rings. The lowest BCUT2D eigenvalue weighted by molar-refractivity contribution is -0.140. The zero-order chi connectivity index (χ0) is 42.3. The largest absolute Gasteiger partial charge is 0.351 e. The normalized spacial score (nSPS) is 20.2. The van der Waals surface area contributed by atoms with Crippen LogP contribution in [0, 0.1) is 35.0 Å². The second-order valence-corrected chi connectivity index (χ2v) is 18.0. The standard InChI is InChI=1S/C46H58N6O7/c1-28(53)42(56)33(21-29-11-10-12-29)23-39(54)35-26-52(45(59)49-34-18-17-30-13-8-9-16-32(30)22-34)27-38(35)50-43(57)36(46(2,3)4)24-40(55)41(31-14-6-5-7-15-31)51-44(58)37-25-47-19-20-48-37/h8-9,13,16-20,22,25,29,31,33,35-36,38,41H,5-7,10-12,14-15,21,23-24,26-27H2,1-4H3,(H,49,59)(H,50,57)(H,51,58)/t33-,35-,36-,38+,41+/m1/s1. The number of nitrogens with one attached hydrogen (secondary N) is 3. The summed E-state index contributed by atoms with van der Waals surface area (Å²) in [6.45, 7) is 6.85. The number of aromatic nitrogens is 2. The van der Waals surface area contributed by atoms with Crippen LogP contribution in [0.5, 0.6) is 0 Å². The van der Waals surface area contributed by atoms with E-state index in [9.17, 15) is 33.6 Å². The Morgan fingerprint density at radius 2 is 1.58 bits per heavy atom. The van der Waals surface area contributed by atoms with Crippen LogP contribution in [0.2, 0.25) is 0 Å². The van der Waals surface area contributed by atoms with E-state index in [1.165, 1.54) is 30.4 Å². The molecule has 2 aromatic carbocycles. The molecule has 4 amide bonds. The highest BCUT2D eigenvalue weighted by Gasteiger charge is 2.45. The molecular weight excluding hydrogens is 749 g/mol. The van der Waals surface area contributed by atoms with Gasteiger partial charge in [0.25, 0.3) is 5.91 Å². The summed E-state index contributed by atoms with van der Waals surface area (Å²) >= 11 is 0. The molecule has 3 aliphatic rings. The molecule has 2 aliphatic carbocycles. The Morgan fingerprint density at radius 1 is 0.847 bits per heavy atom. The minimum Gasteiger partial charge on any atom is -0.351 e. The highest BCUT2D eigenvalue weighted by molar-refractivity contribution is 6.37. The number of amides is 4. The molecule has 1 aromatic heterocycles. The summed E-state index contributed by atoms with van der Waals surface area (Å²) in [5.74, 6) is -4.98. The maximum Gasteiger partial charge on any atom is 0.321 e. The fourth-order valence-corrected chi connectivity index (χ4v) is 8.97. The van der Waals surface area contributed by atoms with E-state index in [-0.39, 0.29) is 55.0 Å². The topological polar surface area (TPSA) is 185 Å². The first-order chi connectivity index (χ1) is 28.2. The zero-order valence-electron chi connectivity index (χ0n) is 34.7. The van der Waals surface area contributed by atoms with Gasteiger partial charge in [0.15, 0.2) is 11.6 Å². The lowest BCUT2D eigenvalue weighted by Crippen LogP contribution is -2.51. The van der Waals surface area contributed by atoms with Gasteiger partial charge in [0.05, 0.1) is 24.2 Å². The second-order valence-electron chi connectivity index (χ2n) is 18.0. The molecule has 3 N–H and O–H groups in total. The number of ketones is 4. The smallest absolute Gasteiger partial charge is 0.321 e. The first-order valence-corrected chi connectivity index (χ1v) is 21.2. The van der Waals surface area contributed by atoms with Crippen LogP contribution < -0.4 is 16.0 Å². The number of rotatable bonds is 16. The van der Waals surface area contributed by atoms with Gasteiger partial charge in [-0.15, -0.1) is 0 Å². The average molecular weight is 807 g/mol. The van der Waals surface area contributed by atoms with Gasteiger partial charge in [-0.3, -0.25) is 33.8 Å². The van der Waals surface area contributed by atoms with E-state index in [1.54, 1.807) is 6.07 Å². The van der Waals surface area contributed by atoms with Crippen molar-refractivity contribution in [2.45, 2.75) is 110 Å². The molecule has 0 spiro atoms. The van der Waals surface area contributed by atoms with Gasteiger partial charge < -0.3 is 20.9 Å². The first kappa shape index (κ1) is 43.3. The Hall–Kier alpha value is -5.33. The maximum atomic E-state index is 14.5. The third-order valence-electron chi connectivity index (χ3n) is 12.7. The third kappa shape index (κ3) is 11.0. The second kappa shape index (κ2) is 19.2. The average Bonchev–Trinajstić information content (AvgIpc) is 3.63. The summed E-state index contributed by atoms with van der Waals surface area (Å²) in [6, 6.07) is 11.3. The van der Waals surface area contributed by atoms with Crippen molar-refractivity contribution >= 4 is 57.4 Å². The zero-order valence-corrected chi connectivity index (χ0v) is 34.7. The lowest BCUT2D eigenvalue weighted by Gasteiger charge is -2.34. The molecule has 6 rings (SSSR count). The van der Waals surface area contributed by atoms with Gasteiger partial charge in [0.2, 0.25) is 11.7 Å². The van der Waals surface area contributed by atoms with Gasteiger partial charge in [-0.1, -0.05) is 89.6 Å². The number of anilines is 1. The Kier molecular flexibility index (Phi) is 14.0. The number of fused-ring (bicyclic) bond motifs is 1. The lowest BCUT2D eigenvalue weighted by atomic mass is 9.74. The van der Waals surface area contributed by atoms with Crippen molar-refractivity contribution in [3.63, 3.8) is 0 Å². The number of nitrogens with zero attached hydrogens (tertiary/aromatic N) is 3. The number of hydrogen-bond acceptors (Lipinski definition) is 9. The highest BCUT2D eigenvalue weighted by Crippen LogP contribution is 2.36. The number of hydrogen-bond donors (Lipinski definition) is 3. The van der Waals surface area contributed by atoms with Crippen LogP contribution in [-0.4, -0.2) is 81.0 Å². The first-order valence-electron chi connectivity index (χ1n) is 21.2. The predicted molar refractivity (Wildman–Crippen MR) is 223 cm³/mol. The molecule has 0 bridgehead atoms. The summed E-state index contributed by atoms with van der Waals surface area (Å²) in [5.41, 5.74) is -0.0436. The van der Waals surface area contributed by atoms with E-state index in [4.69, 9.17) is 0 Å². The van der Waals surface area contributed by atoms with E-state index in [2.05, 4.69) is 25.9 Å². The van der Waals surface area contributed by atoms with Gasteiger partial charge in [0.1, 0.15) is 11.5 Å². The SMILES string of the molecule is CC(=O)C(=O)[C@@H](CC(=O)[C@@H]1CN(C(=O)Nc2ccc3ccccc3c2)C[C@@H]1NC(=O)[C@@H](CC(=O)[C@@H](NC(=O)c1cnccn1)C1CCCCC1)C(C)(C)C)CC1CCC1. The van der Waals surface area contributed by atoms with E-state index in [0.717, 1.165) is 62.1 Å². The van der Waals surface area contributed by atoms with Crippen LogP contribution in [0.3, 0.4) is 0 Å². The predicted octanol–water partition coefficient (Wildman–Crippen LogP) is 6.50. The molecule has 2 heterocycles. The summed E-state index contributed by atoms with van der Waals surface area (Å²) in [6.07, 6.45) is 11.7. The molecule has 13 nitrogen and oxygen atoms in total. The summed E-state index contributed by atoms with van der Waals surface area (Å²) in [4.78, 5) is 105. The van der Waals surface area contributed by atoms with Gasteiger partial charge in [-0.2, -0.15) is 0 Å². The number of urea groups is 1. The van der Waals surface area contributed by atoms with E-state index in [0.29, 0.717) is 12.1 Å². The van der Waals surface area contributed by atoms with Crippen LogP contribution in [0.4, 0.5) is 10.5 Å². The Labute approximate surface area is 346 Å². The van der Waals surface area contributed by atoms with Crippen molar-refractivity contribution in [3.8, 4) is 0 Å². The molecule has 5 atom stereocenters. The summed E-state index contributed by atoms with van der Waals surface area (Å²) < 4.78 is 0. The monoisotopic (exact) mass is 806 g/mol. The number of benzene rings is 2.